The zero-order valence-corrected chi connectivity index (χ0v) is 15.8. The van der Waals surface area contributed by atoms with Gasteiger partial charge in [-0.1, -0.05) is 41.4 Å². The van der Waals surface area contributed by atoms with Crippen molar-refractivity contribution in [2.24, 2.45) is 0 Å². The van der Waals surface area contributed by atoms with Crippen LogP contribution in [0.4, 0.5) is 0 Å². The quantitative estimate of drug-likeness (QED) is 0.309. The number of halogens is 2. The lowest BCUT2D eigenvalue weighted by atomic mass is 10.1. The van der Waals surface area contributed by atoms with E-state index in [4.69, 9.17) is 32.7 Å². The zero-order valence-electron chi connectivity index (χ0n) is 14.3. The van der Waals surface area contributed by atoms with Crippen molar-refractivity contribution in [2.75, 3.05) is 0 Å². The van der Waals surface area contributed by atoms with Crippen LogP contribution in [-0.4, -0.2) is 11.8 Å². The molecule has 0 saturated carbocycles. The second-order valence-corrected chi connectivity index (χ2v) is 6.86. The van der Waals surface area contributed by atoms with E-state index in [9.17, 15) is 9.59 Å². The zero-order chi connectivity index (χ0) is 19.7. The molecule has 1 aliphatic heterocycles. The Morgan fingerprint density at radius 1 is 0.964 bits per heavy atom. The predicted octanol–water partition coefficient (Wildman–Crippen LogP) is 5.83. The van der Waals surface area contributed by atoms with Gasteiger partial charge in [0, 0.05) is 16.1 Å². The van der Waals surface area contributed by atoms with Gasteiger partial charge in [0.1, 0.15) is 11.5 Å². The Balaban J connectivity index is 1.56. The third-order valence-corrected chi connectivity index (χ3v) is 4.72. The molecular formula is C22H12Cl2O4. The highest BCUT2D eigenvalue weighted by Gasteiger charge is 2.28. The standard InChI is InChI=1S/C22H12Cl2O4/c23-15-7-5-13(6-8-15)22(26)27-16-9-10-17-19(12-16)28-20(21(17)25)11-14-3-1-2-4-18(14)24/h1-12H. The number of ether oxygens (including phenoxy) is 2. The first-order valence-electron chi connectivity index (χ1n) is 8.32. The monoisotopic (exact) mass is 410 g/mol. The SMILES string of the molecule is O=C(Oc1ccc2c(c1)OC(=Cc1ccccc1Cl)C2=O)c1ccc(Cl)cc1. The van der Waals surface area contributed by atoms with E-state index in [2.05, 4.69) is 0 Å². The number of rotatable bonds is 3. The van der Waals surface area contributed by atoms with E-state index in [-0.39, 0.29) is 17.3 Å². The van der Waals surface area contributed by atoms with Gasteiger partial charge in [-0.3, -0.25) is 4.79 Å². The fourth-order valence-corrected chi connectivity index (χ4v) is 3.03. The van der Waals surface area contributed by atoms with E-state index in [0.717, 1.165) is 0 Å². The van der Waals surface area contributed by atoms with Crippen molar-refractivity contribution in [1.29, 1.82) is 0 Å². The summed E-state index contributed by atoms with van der Waals surface area (Å²) in [4.78, 5) is 24.8. The molecule has 0 spiro atoms. The Kier molecular flexibility index (Phi) is 4.90. The lowest BCUT2D eigenvalue weighted by molar-refractivity contribution is 0.0734. The van der Waals surface area contributed by atoms with E-state index in [1.165, 1.54) is 6.07 Å². The molecule has 0 aliphatic carbocycles. The van der Waals surface area contributed by atoms with Crippen LogP contribution in [0.5, 0.6) is 11.5 Å². The van der Waals surface area contributed by atoms with E-state index < -0.39 is 5.97 Å². The summed E-state index contributed by atoms with van der Waals surface area (Å²) in [6.45, 7) is 0. The van der Waals surface area contributed by atoms with Crippen molar-refractivity contribution in [3.63, 3.8) is 0 Å². The molecule has 0 bridgehead atoms. The number of carbonyl (C=O) groups excluding carboxylic acids is 2. The second-order valence-electron chi connectivity index (χ2n) is 6.02. The Labute approximate surface area is 170 Å². The lowest BCUT2D eigenvalue weighted by Gasteiger charge is -2.06. The molecule has 4 rings (SSSR count). The van der Waals surface area contributed by atoms with Gasteiger partial charge in [-0.05, 0) is 54.1 Å². The molecule has 138 valence electrons. The normalized spacial score (nSPS) is 13.9. The molecule has 4 nitrogen and oxygen atoms in total. The highest BCUT2D eigenvalue weighted by atomic mass is 35.5. The number of Topliss-reactive ketones (excluding diaryl/α,β-unsaturated/α-hetero) is 1. The Bertz CT molecular complexity index is 1120. The third kappa shape index (κ3) is 3.65. The number of allylic oxidation sites excluding steroid dienone is 1. The van der Waals surface area contributed by atoms with Gasteiger partial charge < -0.3 is 9.47 Å². The topological polar surface area (TPSA) is 52.6 Å². The molecule has 0 amide bonds. The van der Waals surface area contributed by atoms with Crippen LogP contribution in [0.3, 0.4) is 0 Å². The van der Waals surface area contributed by atoms with Crippen molar-refractivity contribution < 1.29 is 19.1 Å². The summed E-state index contributed by atoms with van der Waals surface area (Å²) in [5.41, 5.74) is 1.43. The Hall–Kier alpha value is -3.08. The van der Waals surface area contributed by atoms with Crippen LogP contribution in [0.25, 0.3) is 6.08 Å². The third-order valence-electron chi connectivity index (χ3n) is 4.12. The number of esters is 1. The fraction of sp³-hybridized carbons (Fsp3) is 0. The molecule has 1 heterocycles. The second kappa shape index (κ2) is 7.50. The summed E-state index contributed by atoms with van der Waals surface area (Å²) in [6.07, 6.45) is 1.59. The summed E-state index contributed by atoms with van der Waals surface area (Å²) in [5.74, 6) is -0.0437. The predicted molar refractivity (Wildman–Crippen MR) is 107 cm³/mol. The van der Waals surface area contributed by atoms with Crippen LogP contribution in [0, 0.1) is 0 Å². The number of hydrogen-bond acceptors (Lipinski definition) is 4. The molecule has 6 heteroatoms. The molecule has 0 saturated heterocycles. The maximum absolute atomic E-state index is 12.5. The minimum atomic E-state index is -0.534. The first-order valence-corrected chi connectivity index (χ1v) is 9.07. The Morgan fingerprint density at radius 2 is 1.71 bits per heavy atom. The van der Waals surface area contributed by atoms with Crippen molar-refractivity contribution in [1.82, 2.24) is 0 Å². The molecule has 3 aromatic rings. The van der Waals surface area contributed by atoms with Crippen LogP contribution in [0.15, 0.2) is 72.5 Å². The van der Waals surface area contributed by atoms with Crippen LogP contribution in [0.1, 0.15) is 26.3 Å². The highest BCUT2D eigenvalue weighted by Crippen LogP contribution is 2.35. The number of fused-ring (bicyclic) bond motifs is 1. The van der Waals surface area contributed by atoms with E-state index >= 15 is 0 Å². The first-order chi connectivity index (χ1) is 13.5. The maximum Gasteiger partial charge on any atom is 0.343 e. The van der Waals surface area contributed by atoms with Crippen LogP contribution in [-0.2, 0) is 0 Å². The van der Waals surface area contributed by atoms with Gasteiger partial charge in [0.05, 0.1) is 11.1 Å². The van der Waals surface area contributed by atoms with Crippen LogP contribution >= 0.6 is 23.2 Å². The summed E-state index contributed by atoms with van der Waals surface area (Å²) in [7, 11) is 0. The number of benzene rings is 3. The van der Waals surface area contributed by atoms with Gasteiger partial charge >= 0.3 is 5.97 Å². The molecule has 0 aromatic heterocycles. The maximum atomic E-state index is 12.5. The van der Waals surface area contributed by atoms with Gasteiger partial charge in [0.25, 0.3) is 0 Å². The molecule has 1 aliphatic rings. The van der Waals surface area contributed by atoms with E-state index in [1.54, 1.807) is 60.7 Å². The molecular weight excluding hydrogens is 399 g/mol. The minimum absolute atomic E-state index is 0.157. The molecule has 0 fully saturated rings. The number of ketones is 1. The summed E-state index contributed by atoms with van der Waals surface area (Å²) in [5, 5.41) is 1.04. The van der Waals surface area contributed by atoms with Crippen molar-refractivity contribution >= 4 is 41.0 Å². The molecule has 0 radical (unpaired) electrons. The van der Waals surface area contributed by atoms with Gasteiger partial charge in [-0.25, -0.2) is 4.79 Å². The molecule has 28 heavy (non-hydrogen) atoms. The number of carbonyl (C=O) groups is 2. The van der Waals surface area contributed by atoms with Crippen LogP contribution in [0.2, 0.25) is 10.0 Å². The smallest absolute Gasteiger partial charge is 0.343 e. The van der Waals surface area contributed by atoms with Crippen molar-refractivity contribution in [3.05, 3.63) is 99.2 Å². The summed E-state index contributed by atoms with van der Waals surface area (Å²) < 4.78 is 11.0. The van der Waals surface area contributed by atoms with E-state index in [1.807, 2.05) is 6.07 Å². The lowest BCUT2D eigenvalue weighted by Crippen LogP contribution is -2.08. The molecule has 3 aromatic carbocycles. The van der Waals surface area contributed by atoms with Gasteiger partial charge in [0.15, 0.2) is 5.76 Å². The molecule has 0 N–H and O–H groups in total. The average Bonchev–Trinajstić information content (AvgIpc) is 2.99. The summed E-state index contributed by atoms with van der Waals surface area (Å²) >= 11 is 12.0. The fourth-order valence-electron chi connectivity index (χ4n) is 2.72. The van der Waals surface area contributed by atoms with Crippen LogP contribution < -0.4 is 9.47 Å². The molecule has 0 unspecified atom stereocenters. The highest BCUT2D eigenvalue weighted by molar-refractivity contribution is 6.32. The number of hydrogen-bond donors (Lipinski definition) is 0. The largest absolute Gasteiger partial charge is 0.452 e. The van der Waals surface area contributed by atoms with Crippen molar-refractivity contribution in [3.8, 4) is 11.5 Å². The van der Waals surface area contributed by atoms with Crippen molar-refractivity contribution in [2.45, 2.75) is 0 Å². The average molecular weight is 411 g/mol. The molecule has 0 atom stereocenters. The van der Waals surface area contributed by atoms with Gasteiger partial charge in [-0.15, -0.1) is 0 Å². The minimum Gasteiger partial charge on any atom is -0.452 e. The van der Waals surface area contributed by atoms with Gasteiger partial charge in [-0.2, -0.15) is 0 Å². The Morgan fingerprint density at radius 3 is 2.46 bits per heavy atom. The first kappa shape index (κ1) is 18.3. The van der Waals surface area contributed by atoms with E-state index in [0.29, 0.717) is 32.5 Å². The van der Waals surface area contributed by atoms with Gasteiger partial charge in [0.2, 0.25) is 5.78 Å². The summed E-state index contributed by atoms with van der Waals surface area (Å²) in [6, 6.07) is 18.1.